The van der Waals surface area contributed by atoms with Crippen molar-refractivity contribution >= 4 is 21.6 Å². The SMILES string of the molecule is CCCCS(=O)(=O)N1CCC[C@@H](C(=O)N2CCN(c3ccccc3)CC2)C1. The zero-order chi connectivity index (χ0) is 19.3. The molecule has 6 nitrogen and oxygen atoms in total. The van der Waals surface area contributed by atoms with E-state index in [1.807, 2.05) is 30.0 Å². The molecule has 2 fully saturated rings. The lowest BCUT2D eigenvalue weighted by atomic mass is 9.97. The molecule has 2 saturated heterocycles. The van der Waals surface area contributed by atoms with Crippen molar-refractivity contribution in [2.75, 3.05) is 49.9 Å². The number of benzene rings is 1. The molecule has 1 atom stereocenters. The van der Waals surface area contributed by atoms with Crippen LogP contribution in [0.1, 0.15) is 32.6 Å². The molecule has 0 unspecified atom stereocenters. The highest BCUT2D eigenvalue weighted by atomic mass is 32.2. The Morgan fingerprint density at radius 1 is 1.07 bits per heavy atom. The molecule has 150 valence electrons. The number of piperazine rings is 1. The number of rotatable bonds is 6. The molecule has 0 spiro atoms. The van der Waals surface area contributed by atoms with Crippen LogP contribution in [0.15, 0.2) is 30.3 Å². The van der Waals surface area contributed by atoms with Crippen molar-refractivity contribution in [3.8, 4) is 0 Å². The van der Waals surface area contributed by atoms with Crippen molar-refractivity contribution in [3.63, 3.8) is 0 Å². The van der Waals surface area contributed by atoms with Gasteiger partial charge in [-0.15, -0.1) is 0 Å². The second kappa shape index (κ2) is 9.06. The van der Waals surface area contributed by atoms with Crippen LogP contribution in [-0.2, 0) is 14.8 Å². The van der Waals surface area contributed by atoms with E-state index in [0.717, 1.165) is 32.4 Å². The molecule has 1 aromatic carbocycles. The second-order valence-electron chi connectivity index (χ2n) is 7.51. The lowest BCUT2D eigenvalue weighted by molar-refractivity contribution is -0.137. The number of carbonyl (C=O) groups excluding carboxylic acids is 1. The van der Waals surface area contributed by atoms with Gasteiger partial charge in [0.1, 0.15) is 0 Å². The molecule has 0 aromatic heterocycles. The van der Waals surface area contributed by atoms with Crippen molar-refractivity contribution in [2.24, 2.45) is 5.92 Å². The van der Waals surface area contributed by atoms with Crippen molar-refractivity contribution in [3.05, 3.63) is 30.3 Å². The predicted octanol–water partition coefficient (Wildman–Crippen LogP) is 2.18. The Hall–Kier alpha value is -1.60. The summed E-state index contributed by atoms with van der Waals surface area (Å²) in [5, 5.41) is 0. The van der Waals surface area contributed by atoms with Gasteiger partial charge < -0.3 is 9.80 Å². The van der Waals surface area contributed by atoms with Gasteiger partial charge in [0.15, 0.2) is 0 Å². The van der Waals surface area contributed by atoms with E-state index < -0.39 is 10.0 Å². The van der Waals surface area contributed by atoms with Crippen LogP contribution >= 0.6 is 0 Å². The van der Waals surface area contributed by atoms with Crippen LogP contribution in [0.4, 0.5) is 5.69 Å². The molecule has 0 radical (unpaired) electrons. The molecule has 0 saturated carbocycles. The largest absolute Gasteiger partial charge is 0.368 e. The van der Waals surface area contributed by atoms with Gasteiger partial charge in [-0.1, -0.05) is 31.5 Å². The lowest BCUT2D eigenvalue weighted by Crippen LogP contribution is -2.53. The molecular weight excluding hydrogens is 362 g/mol. The molecule has 0 aliphatic carbocycles. The maximum absolute atomic E-state index is 13.0. The lowest BCUT2D eigenvalue weighted by Gasteiger charge is -2.39. The fraction of sp³-hybridized carbons (Fsp3) is 0.650. The smallest absolute Gasteiger partial charge is 0.227 e. The number of carbonyl (C=O) groups is 1. The van der Waals surface area contributed by atoms with Gasteiger partial charge in [-0.2, -0.15) is 0 Å². The molecule has 3 rings (SSSR count). The first-order valence-electron chi connectivity index (χ1n) is 10.1. The molecule has 7 heteroatoms. The van der Waals surface area contributed by atoms with E-state index in [9.17, 15) is 13.2 Å². The molecule has 2 heterocycles. The van der Waals surface area contributed by atoms with Crippen molar-refractivity contribution in [2.45, 2.75) is 32.6 Å². The second-order valence-corrected chi connectivity index (χ2v) is 9.60. The van der Waals surface area contributed by atoms with Crippen molar-refractivity contribution < 1.29 is 13.2 Å². The van der Waals surface area contributed by atoms with E-state index in [0.29, 0.717) is 32.6 Å². The Kier molecular flexibility index (Phi) is 6.76. The van der Waals surface area contributed by atoms with Gasteiger partial charge in [0.25, 0.3) is 0 Å². The predicted molar refractivity (Wildman–Crippen MR) is 108 cm³/mol. The maximum Gasteiger partial charge on any atom is 0.227 e. The summed E-state index contributed by atoms with van der Waals surface area (Å²) in [6.45, 7) is 5.94. The fourth-order valence-corrected chi connectivity index (χ4v) is 5.66. The number of unbranched alkanes of at least 4 members (excludes halogenated alkanes) is 1. The first kappa shape index (κ1) is 20.1. The van der Waals surface area contributed by atoms with Gasteiger partial charge >= 0.3 is 0 Å². The molecule has 2 aliphatic rings. The highest BCUT2D eigenvalue weighted by Crippen LogP contribution is 2.23. The molecule has 27 heavy (non-hydrogen) atoms. The number of sulfonamides is 1. The van der Waals surface area contributed by atoms with Crippen LogP contribution in [0.5, 0.6) is 0 Å². The van der Waals surface area contributed by atoms with Crippen LogP contribution in [0.2, 0.25) is 0 Å². The van der Waals surface area contributed by atoms with Crippen molar-refractivity contribution in [1.29, 1.82) is 0 Å². The average Bonchev–Trinajstić information content (AvgIpc) is 2.72. The standard InChI is InChI=1S/C20H31N3O3S/c1-2-3-16-27(25,26)23-11-7-8-18(17-23)20(24)22-14-12-21(13-15-22)19-9-5-4-6-10-19/h4-6,9-10,18H,2-3,7-8,11-17H2,1H3/t18-/m1/s1. The number of piperidine rings is 1. The van der Waals surface area contributed by atoms with Gasteiger partial charge in [0.05, 0.1) is 11.7 Å². The van der Waals surface area contributed by atoms with E-state index in [1.165, 1.54) is 5.69 Å². The zero-order valence-corrected chi connectivity index (χ0v) is 17.0. The number of anilines is 1. The van der Waals surface area contributed by atoms with Crippen LogP contribution < -0.4 is 4.90 Å². The number of amides is 1. The van der Waals surface area contributed by atoms with Gasteiger partial charge in [0, 0.05) is 45.0 Å². The normalized spacial score (nSPS) is 22.0. The summed E-state index contributed by atoms with van der Waals surface area (Å²) >= 11 is 0. The maximum atomic E-state index is 13.0. The van der Waals surface area contributed by atoms with E-state index in [1.54, 1.807) is 4.31 Å². The Balaban J connectivity index is 1.55. The minimum Gasteiger partial charge on any atom is -0.368 e. The van der Waals surface area contributed by atoms with E-state index in [2.05, 4.69) is 17.0 Å². The quantitative estimate of drug-likeness (QED) is 0.743. The van der Waals surface area contributed by atoms with Gasteiger partial charge in [0.2, 0.25) is 15.9 Å². The highest BCUT2D eigenvalue weighted by molar-refractivity contribution is 7.89. The van der Waals surface area contributed by atoms with Crippen LogP contribution in [0.25, 0.3) is 0 Å². The third kappa shape index (κ3) is 5.02. The minimum absolute atomic E-state index is 0.123. The Bertz CT molecular complexity index is 715. The summed E-state index contributed by atoms with van der Waals surface area (Å²) in [5.41, 5.74) is 1.19. The number of para-hydroxylation sites is 1. The van der Waals surface area contributed by atoms with Crippen LogP contribution in [0.3, 0.4) is 0 Å². The molecule has 1 aromatic rings. The number of hydrogen-bond acceptors (Lipinski definition) is 4. The molecular formula is C20H31N3O3S. The monoisotopic (exact) mass is 393 g/mol. The zero-order valence-electron chi connectivity index (χ0n) is 16.2. The first-order valence-corrected chi connectivity index (χ1v) is 11.7. The third-order valence-corrected chi connectivity index (χ3v) is 7.52. The van der Waals surface area contributed by atoms with Crippen LogP contribution in [-0.4, -0.2) is 68.6 Å². The Morgan fingerprint density at radius 2 is 1.78 bits per heavy atom. The summed E-state index contributed by atoms with van der Waals surface area (Å²) in [4.78, 5) is 17.2. The van der Waals surface area contributed by atoms with E-state index in [4.69, 9.17) is 0 Å². The highest BCUT2D eigenvalue weighted by Gasteiger charge is 2.34. The molecule has 0 N–H and O–H groups in total. The summed E-state index contributed by atoms with van der Waals surface area (Å²) in [7, 11) is -3.23. The minimum atomic E-state index is -3.23. The first-order chi connectivity index (χ1) is 13.0. The summed E-state index contributed by atoms with van der Waals surface area (Å²) in [6.07, 6.45) is 3.10. The summed E-state index contributed by atoms with van der Waals surface area (Å²) in [5.74, 6) is 0.122. The molecule has 2 aliphatic heterocycles. The van der Waals surface area contributed by atoms with Gasteiger partial charge in [-0.05, 0) is 31.4 Å². The topological polar surface area (TPSA) is 60.9 Å². The van der Waals surface area contributed by atoms with Crippen molar-refractivity contribution in [1.82, 2.24) is 9.21 Å². The number of nitrogens with zero attached hydrogens (tertiary/aromatic N) is 3. The third-order valence-electron chi connectivity index (χ3n) is 5.60. The van der Waals surface area contributed by atoms with Crippen LogP contribution in [0, 0.1) is 5.92 Å². The fourth-order valence-electron chi connectivity index (χ4n) is 3.93. The van der Waals surface area contributed by atoms with Gasteiger partial charge in [-0.25, -0.2) is 12.7 Å². The molecule has 0 bridgehead atoms. The summed E-state index contributed by atoms with van der Waals surface area (Å²) < 4.78 is 26.5. The number of hydrogen-bond donors (Lipinski definition) is 0. The summed E-state index contributed by atoms with van der Waals surface area (Å²) in [6, 6.07) is 10.3. The molecule has 1 amide bonds. The average molecular weight is 394 g/mol. The Labute approximate surface area is 163 Å². The van der Waals surface area contributed by atoms with E-state index in [-0.39, 0.29) is 17.6 Å². The van der Waals surface area contributed by atoms with Gasteiger partial charge in [-0.3, -0.25) is 4.79 Å². The van der Waals surface area contributed by atoms with E-state index >= 15 is 0 Å². The Morgan fingerprint density at radius 3 is 2.44 bits per heavy atom.